The monoisotopic (exact) mass is 268 g/mol. The van der Waals surface area contributed by atoms with Crippen molar-refractivity contribution in [3.63, 3.8) is 0 Å². The van der Waals surface area contributed by atoms with Crippen molar-refractivity contribution in [3.05, 3.63) is 18.0 Å². The van der Waals surface area contributed by atoms with Crippen LogP contribution in [0.25, 0.3) is 11.0 Å². The summed E-state index contributed by atoms with van der Waals surface area (Å²) in [6.45, 7) is 4.16. The van der Waals surface area contributed by atoms with Crippen molar-refractivity contribution in [2.75, 3.05) is 0 Å². The molecule has 0 spiro atoms. The van der Waals surface area contributed by atoms with E-state index in [9.17, 15) is 8.78 Å². The second kappa shape index (κ2) is 3.82. The van der Waals surface area contributed by atoms with E-state index in [4.69, 9.17) is 0 Å². The van der Waals surface area contributed by atoms with Gasteiger partial charge in [0.25, 0.3) is 0 Å². The lowest BCUT2D eigenvalue weighted by Gasteiger charge is -2.08. The highest BCUT2D eigenvalue weighted by atomic mass is 19.3. The molecule has 1 unspecified atom stereocenters. The number of ether oxygens (including phenoxy) is 2. The average molecular weight is 268 g/mol. The van der Waals surface area contributed by atoms with E-state index in [-0.39, 0.29) is 11.5 Å². The Morgan fingerprint density at radius 2 is 1.95 bits per heavy atom. The molecule has 1 atom stereocenters. The van der Waals surface area contributed by atoms with Gasteiger partial charge in [-0.05, 0) is 6.42 Å². The predicted molar refractivity (Wildman–Crippen MR) is 65.6 cm³/mol. The Morgan fingerprint density at radius 3 is 2.58 bits per heavy atom. The molecule has 4 nitrogen and oxygen atoms in total. The number of fused-ring (bicyclic) bond motifs is 2. The number of aryl methyl sites for hydroxylation is 1. The smallest absolute Gasteiger partial charge is 0.395 e. The number of rotatable bonds is 2. The highest BCUT2D eigenvalue weighted by Crippen LogP contribution is 2.43. The van der Waals surface area contributed by atoms with Gasteiger partial charge in [0, 0.05) is 25.1 Å². The topological polar surface area (TPSA) is 36.3 Å². The summed E-state index contributed by atoms with van der Waals surface area (Å²) < 4.78 is 36.8. The maximum Gasteiger partial charge on any atom is 0.586 e. The summed E-state index contributed by atoms with van der Waals surface area (Å²) in [4.78, 5) is 4.49. The Hall–Kier alpha value is -1.85. The van der Waals surface area contributed by atoms with Gasteiger partial charge in [0.2, 0.25) is 0 Å². The third-order valence-corrected chi connectivity index (χ3v) is 3.49. The third-order valence-electron chi connectivity index (χ3n) is 3.49. The van der Waals surface area contributed by atoms with Gasteiger partial charge in [-0.1, -0.05) is 13.8 Å². The minimum Gasteiger partial charge on any atom is -0.395 e. The molecule has 0 bridgehead atoms. The molecule has 0 radical (unpaired) electrons. The molecule has 0 amide bonds. The molecule has 3 rings (SSSR count). The van der Waals surface area contributed by atoms with E-state index in [1.54, 1.807) is 6.07 Å². The third kappa shape index (κ3) is 1.82. The molecule has 1 aliphatic rings. The minimum atomic E-state index is -3.58. The number of hydrogen-bond acceptors (Lipinski definition) is 3. The van der Waals surface area contributed by atoms with E-state index < -0.39 is 6.29 Å². The molecule has 0 N–H and O–H groups in total. The molecule has 0 fully saturated rings. The number of benzene rings is 1. The summed E-state index contributed by atoms with van der Waals surface area (Å²) in [5.41, 5.74) is 1.40. The van der Waals surface area contributed by atoms with Crippen molar-refractivity contribution >= 4 is 11.0 Å². The standard InChI is InChI=1S/C13H14F2N2O2/c1-4-7(2)12-16-8-5-10-11(6-9(8)17(12)3)19-13(14,15)18-10/h5-7H,4H2,1-3H3. The quantitative estimate of drug-likeness (QED) is 0.837. The molecule has 0 aliphatic carbocycles. The van der Waals surface area contributed by atoms with Gasteiger partial charge in [-0.15, -0.1) is 8.78 Å². The lowest BCUT2D eigenvalue weighted by atomic mass is 10.1. The molecule has 0 saturated heterocycles. The molecule has 2 aromatic rings. The zero-order valence-electron chi connectivity index (χ0n) is 10.9. The second-order valence-corrected chi connectivity index (χ2v) is 4.79. The average Bonchev–Trinajstić information content (AvgIpc) is 2.81. The summed E-state index contributed by atoms with van der Waals surface area (Å²) >= 11 is 0. The Bertz CT molecular complexity index is 652. The van der Waals surface area contributed by atoms with Crippen molar-refractivity contribution in [2.45, 2.75) is 32.5 Å². The van der Waals surface area contributed by atoms with Crippen LogP contribution in [0, 0.1) is 0 Å². The van der Waals surface area contributed by atoms with Crippen LogP contribution in [0.15, 0.2) is 12.1 Å². The molecule has 1 aromatic carbocycles. The molecule has 102 valence electrons. The van der Waals surface area contributed by atoms with Crippen molar-refractivity contribution in [1.82, 2.24) is 9.55 Å². The van der Waals surface area contributed by atoms with Crippen LogP contribution in [0.1, 0.15) is 32.0 Å². The lowest BCUT2D eigenvalue weighted by molar-refractivity contribution is -0.286. The fraction of sp³-hybridized carbons (Fsp3) is 0.462. The van der Waals surface area contributed by atoms with E-state index >= 15 is 0 Å². The SMILES string of the molecule is CCC(C)c1nc2cc3c(cc2n1C)OC(F)(F)O3. The van der Waals surface area contributed by atoms with Crippen LogP contribution < -0.4 is 9.47 Å². The van der Waals surface area contributed by atoms with Gasteiger partial charge < -0.3 is 14.0 Å². The molecular weight excluding hydrogens is 254 g/mol. The highest BCUT2D eigenvalue weighted by Gasteiger charge is 2.43. The van der Waals surface area contributed by atoms with Crippen LogP contribution in [0.4, 0.5) is 8.78 Å². The molecule has 2 heterocycles. The Balaban J connectivity index is 2.14. The van der Waals surface area contributed by atoms with Crippen LogP contribution in [-0.2, 0) is 7.05 Å². The number of alkyl halides is 2. The van der Waals surface area contributed by atoms with Crippen LogP contribution >= 0.6 is 0 Å². The van der Waals surface area contributed by atoms with Gasteiger partial charge >= 0.3 is 6.29 Å². The van der Waals surface area contributed by atoms with E-state index in [0.29, 0.717) is 11.4 Å². The first kappa shape index (κ1) is 12.2. The second-order valence-electron chi connectivity index (χ2n) is 4.79. The first-order valence-electron chi connectivity index (χ1n) is 6.17. The van der Waals surface area contributed by atoms with Crippen LogP contribution in [0.5, 0.6) is 11.5 Å². The summed E-state index contributed by atoms with van der Waals surface area (Å²) in [6, 6.07) is 3.04. The summed E-state index contributed by atoms with van der Waals surface area (Å²) in [7, 11) is 1.87. The lowest BCUT2D eigenvalue weighted by Crippen LogP contribution is -2.25. The predicted octanol–water partition coefficient (Wildman–Crippen LogP) is 3.41. The summed E-state index contributed by atoms with van der Waals surface area (Å²) in [5, 5.41) is 0. The molecule has 0 saturated carbocycles. The van der Waals surface area contributed by atoms with Crippen LogP contribution in [-0.4, -0.2) is 15.8 Å². The Kier molecular flexibility index (Phi) is 2.45. The van der Waals surface area contributed by atoms with Crippen LogP contribution in [0.3, 0.4) is 0 Å². The van der Waals surface area contributed by atoms with Gasteiger partial charge in [-0.25, -0.2) is 4.98 Å². The largest absolute Gasteiger partial charge is 0.586 e. The van der Waals surface area contributed by atoms with Gasteiger partial charge in [-0.3, -0.25) is 0 Å². The first-order valence-corrected chi connectivity index (χ1v) is 6.17. The van der Waals surface area contributed by atoms with Crippen molar-refractivity contribution in [2.24, 2.45) is 7.05 Å². The zero-order chi connectivity index (χ0) is 13.8. The maximum absolute atomic E-state index is 13.0. The van der Waals surface area contributed by atoms with Crippen molar-refractivity contribution in [3.8, 4) is 11.5 Å². The van der Waals surface area contributed by atoms with Gasteiger partial charge in [-0.2, -0.15) is 0 Å². The summed E-state index contributed by atoms with van der Waals surface area (Å²) in [6.07, 6.45) is -2.62. The molecule has 6 heteroatoms. The molecular formula is C13H14F2N2O2. The number of hydrogen-bond donors (Lipinski definition) is 0. The number of nitrogens with zero attached hydrogens (tertiary/aromatic N) is 2. The Labute approximate surface area is 108 Å². The number of imidazole rings is 1. The van der Waals surface area contributed by atoms with Crippen LogP contribution in [0.2, 0.25) is 0 Å². The van der Waals surface area contributed by atoms with Crippen molar-refractivity contribution in [1.29, 1.82) is 0 Å². The van der Waals surface area contributed by atoms with E-state index in [0.717, 1.165) is 17.8 Å². The number of aromatic nitrogens is 2. The van der Waals surface area contributed by atoms with Gasteiger partial charge in [0.05, 0.1) is 11.0 Å². The highest BCUT2D eigenvalue weighted by molar-refractivity contribution is 5.81. The molecule has 1 aliphatic heterocycles. The van der Waals surface area contributed by atoms with Gasteiger partial charge in [0.1, 0.15) is 5.82 Å². The maximum atomic E-state index is 13.0. The molecule has 1 aromatic heterocycles. The first-order chi connectivity index (χ1) is 8.91. The van der Waals surface area contributed by atoms with Crippen molar-refractivity contribution < 1.29 is 18.3 Å². The number of halogens is 2. The van der Waals surface area contributed by atoms with E-state index in [1.165, 1.54) is 6.07 Å². The fourth-order valence-corrected chi connectivity index (χ4v) is 2.28. The normalized spacial score (nSPS) is 17.9. The van der Waals surface area contributed by atoms with Gasteiger partial charge in [0.15, 0.2) is 11.5 Å². The fourth-order valence-electron chi connectivity index (χ4n) is 2.28. The zero-order valence-corrected chi connectivity index (χ0v) is 10.9. The minimum absolute atomic E-state index is 0.0336. The van der Waals surface area contributed by atoms with E-state index in [1.807, 2.05) is 11.6 Å². The summed E-state index contributed by atoms with van der Waals surface area (Å²) in [5.74, 6) is 1.31. The van der Waals surface area contributed by atoms with E-state index in [2.05, 4.69) is 28.3 Å². The molecule has 19 heavy (non-hydrogen) atoms. The Morgan fingerprint density at radius 1 is 1.32 bits per heavy atom.